The van der Waals surface area contributed by atoms with Crippen molar-refractivity contribution >= 4 is 29.2 Å². The molecule has 3 aromatic heterocycles. The summed E-state index contributed by atoms with van der Waals surface area (Å²) in [5.41, 5.74) is 9.59. The fourth-order valence-corrected chi connectivity index (χ4v) is 5.01. The number of anilines is 1. The first-order chi connectivity index (χ1) is 18.2. The number of pyridine rings is 2. The summed E-state index contributed by atoms with van der Waals surface area (Å²) >= 11 is 0. The third-order valence-electron chi connectivity index (χ3n) is 6.99. The standard InChI is InChI=1S/C28H32N8O2/c1-27(2,3)38-26(37)35-10-9-34(18-28(35)7-8-28)24-6-5-19(15-32-24)23-11-20(21(12-29)14-31-4)17-36-25(23)22(13-30)16-33-36/h5-6,11-12,14-17H,7-10,18,29H2,1-4H3. The van der Waals surface area contributed by atoms with Crippen LogP contribution in [0.3, 0.4) is 0 Å². The van der Waals surface area contributed by atoms with Crippen LogP contribution in [0.4, 0.5) is 10.6 Å². The number of rotatable bonds is 4. The van der Waals surface area contributed by atoms with Crippen molar-refractivity contribution in [2.24, 2.45) is 10.7 Å². The lowest BCUT2D eigenvalue weighted by Gasteiger charge is -2.42. The van der Waals surface area contributed by atoms with Crippen LogP contribution in [0.2, 0.25) is 0 Å². The number of ether oxygens (including phenoxy) is 1. The third-order valence-corrected chi connectivity index (χ3v) is 6.99. The van der Waals surface area contributed by atoms with E-state index < -0.39 is 5.60 Å². The minimum Gasteiger partial charge on any atom is -0.444 e. The van der Waals surface area contributed by atoms with E-state index in [0.29, 0.717) is 24.2 Å². The second-order valence-electron chi connectivity index (χ2n) is 10.8. The Morgan fingerprint density at radius 3 is 2.66 bits per heavy atom. The maximum atomic E-state index is 12.8. The van der Waals surface area contributed by atoms with Gasteiger partial charge in [-0.05, 0) is 51.8 Å². The van der Waals surface area contributed by atoms with E-state index in [1.807, 2.05) is 56.3 Å². The van der Waals surface area contributed by atoms with Gasteiger partial charge in [0, 0.05) is 73.8 Å². The van der Waals surface area contributed by atoms with Crippen LogP contribution < -0.4 is 10.6 Å². The maximum Gasteiger partial charge on any atom is 0.410 e. The molecule has 0 aromatic carbocycles. The van der Waals surface area contributed by atoms with Crippen LogP contribution in [0.1, 0.15) is 44.7 Å². The third kappa shape index (κ3) is 4.67. The minimum absolute atomic E-state index is 0.188. The molecule has 1 saturated carbocycles. The van der Waals surface area contributed by atoms with Gasteiger partial charge >= 0.3 is 6.09 Å². The molecule has 2 N–H and O–H groups in total. The summed E-state index contributed by atoms with van der Waals surface area (Å²) in [6, 6.07) is 8.22. The van der Waals surface area contributed by atoms with Gasteiger partial charge in [0.05, 0.1) is 22.8 Å². The Hall–Kier alpha value is -4.39. The fourth-order valence-electron chi connectivity index (χ4n) is 5.01. The molecular weight excluding hydrogens is 480 g/mol. The predicted molar refractivity (Wildman–Crippen MR) is 147 cm³/mol. The summed E-state index contributed by atoms with van der Waals surface area (Å²) in [5.74, 6) is 0.853. The smallest absolute Gasteiger partial charge is 0.410 e. The van der Waals surface area contributed by atoms with E-state index in [4.69, 9.17) is 15.5 Å². The van der Waals surface area contributed by atoms with Gasteiger partial charge < -0.3 is 15.4 Å². The number of hydrogen-bond acceptors (Lipinski definition) is 8. The van der Waals surface area contributed by atoms with Gasteiger partial charge in [-0.1, -0.05) is 0 Å². The number of nitrogens with two attached hydrogens (primary N) is 1. The molecule has 0 radical (unpaired) electrons. The second-order valence-corrected chi connectivity index (χ2v) is 10.8. The zero-order valence-electron chi connectivity index (χ0n) is 22.2. The number of nitriles is 1. The molecule has 0 unspecified atom stereocenters. The number of nitrogens with zero attached hydrogens (tertiary/aromatic N) is 7. The normalized spacial score (nSPS) is 17.3. The van der Waals surface area contributed by atoms with Gasteiger partial charge in [-0.2, -0.15) is 10.4 Å². The molecule has 2 aliphatic rings. The van der Waals surface area contributed by atoms with Crippen LogP contribution in [0.25, 0.3) is 22.2 Å². The van der Waals surface area contributed by atoms with Crippen molar-refractivity contribution in [1.82, 2.24) is 19.5 Å². The maximum absolute atomic E-state index is 12.8. The Morgan fingerprint density at radius 2 is 2.05 bits per heavy atom. The lowest BCUT2D eigenvalue weighted by Crippen LogP contribution is -2.58. The van der Waals surface area contributed by atoms with E-state index in [1.54, 1.807) is 24.0 Å². The van der Waals surface area contributed by atoms with Crippen molar-refractivity contribution < 1.29 is 9.53 Å². The van der Waals surface area contributed by atoms with Gasteiger partial charge in [-0.15, -0.1) is 0 Å². The zero-order valence-corrected chi connectivity index (χ0v) is 22.2. The number of amides is 1. The Morgan fingerprint density at radius 1 is 1.26 bits per heavy atom. The van der Waals surface area contributed by atoms with Crippen LogP contribution in [-0.2, 0) is 4.74 Å². The summed E-state index contributed by atoms with van der Waals surface area (Å²) in [7, 11) is 1.69. The highest BCUT2D eigenvalue weighted by Gasteiger charge is 2.54. The fraction of sp³-hybridized carbons (Fsp3) is 0.393. The predicted octanol–water partition coefficient (Wildman–Crippen LogP) is 3.86. The molecule has 1 aliphatic heterocycles. The van der Waals surface area contributed by atoms with Gasteiger partial charge in [0.25, 0.3) is 0 Å². The average molecular weight is 513 g/mol. The van der Waals surface area contributed by atoms with Gasteiger partial charge in [0.15, 0.2) is 0 Å². The molecule has 10 heteroatoms. The molecule has 1 amide bonds. The molecule has 38 heavy (non-hydrogen) atoms. The Balaban J connectivity index is 1.43. The van der Waals surface area contributed by atoms with E-state index in [2.05, 4.69) is 21.1 Å². The molecule has 10 nitrogen and oxygen atoms in total. The number of carbonyl (C=O) groups is 1. The Bertz CT molecular complexity index is 1470. The van der Waals surface area contributed by atoms with Crippen molar-refractivity contribution in [2.75, 3.05) is 31.6 Å². The number of fused-ring (bicyclic) bond motifs is 1. The molecule has 3 aromatic rings. The van der Waals surface area contributed by atoms with E-state index in [-0.39, 0.29) is 11.6 Å². The van der Waals surface area contributed by atoms with Crippen LogP contribution in [0.15, 0.2) is 48.0 Å². The molecule has 0 bridgehead atoms. The quantitative estimate of drug-likeness (QED) is 0.526. The number of piperazine rings is 1. The van der Waals surface area contributed by atoms with Gasteiger partial charge in [-0.3, -0.25) is 9.89 Å². The topological polar surface area (TPSA) is 125 Å². The summed E-state index contributed by atoms with van der Waals surface area (Å²) in [6.07, 6.45) is 10.1. The van der Waals surface area contributed by atoms with Crippen molar-refractivity contribution in [2.45, 2.75) is 44.8 Å². The first kappa shape index (κ1) is 25.3. The van der Waals surface area contributed by atoms with E-state index in [1.165, 1.54) is 6.20 Å². The van der Waals surface area contributed by atoms with E-state index >= 15 is 0 Å². The van der Waals surface area contributed by atoms with Crippen molar-refractivity contribution in [3.63, 3.8) is 0 Å². The van der Waals surface area contributed by atoms with Crippen molar-refractivity contribution in [3.8, 4) is 17.2 Å². The summed E-state index contributed by atoms with van der Waals surface area (Å²) in [6.45, 7) is 7.67. The SMILES string of the molecule is CN=CC(=CN)c1cc(-c2ccc(N3CCN(C(=O)OC(C)(C)C)C4(CC4)C3)nc2)c2c(C#N)cnn2c1. The number of allylic oxidation sites excluding steroid dienone is 1. The minimum atomic E-state index is -0.518. The van der Waals surface area contributed by atoms with Crippen LogP contribution in [0.5, 0.6) is 0 Å². The van der Waals surface area contributed by atoms with E-state index in [9.17, 15) is 10.1 Å². The molecule has 1 aliphatic carbocycles. The Labute approximate surface area is 222 Å². The van der Waals surface area contributed by atoms with E-state index in [0.717, 1.165) is 47.5 Å². The zero-order chi connectivity index (χ0) is 27.1. The first-order valence-corrected chi connectivity index (χ1v) is 12.7. The summed E-state index contributed by atoms with van der Waals surface area (Å²) < 4.78 is 7.35. The molecular formula is C28H32N8O2. The van der Waals surface area contributed by atoms with Crippen molar-refractivity contribution in [3.05, 3.63) is 54.1 Å². The Kier molecular flexibility index (Phi) is 6.31. The number of aliphatic imine (C=N–C) groups is 1. The lowest BCUT2D eigenvalue weighted by molar-refractivity contribution is 0.0106. The van der Waals surface area contributed by atoms with Crippen LogP contribution in [0, 0.1) is 11.3 Å². The number of carbonyl (C=O) groups excluding carboxylic acids is 1. The van der Waals surface area contributed by atoms with Crippen LogP contribution in [-0.4, -0.2) is 69.6 Å². The van der Waals surface area contributed by atoms with Gasteiger partial charge in [-0.25, -0.2) is 14.3 Å². The van der Waals surface area contributed by atoms with Gasteiger partial charge in [0.1, 0.15) is 17.5 Å². The molecule has 0 atom stereocenters. The van der Waals surface area contributed by atoms with Crippen molar-refractivity contribution in [1.29, 1.82) is 5.26 Å². The summed E-state index contributed by atoms with van der Waals surface area (Å²) in [5, 5.41) is 14.1. The molecule has 2 fully saturated rings. The lowest BCUT2D eigenvalue weighted by atomic mass is 10.0. The molecule has 196 valence electrons. The van der Waals surface area contributed by atoms with Crippen LogP contribution >= 0.6 is 0 Å². The monoisotopic (exact) mass is 512 g/mol. The molecule has 1 saturated heterocycles. The average Bonchev–Trinajstić information content (AvgIpc) is 3.51. The molecule has 1 spiro atoms. The second kappa shape index (κ2) is 9.49. The largest absolute Gasteiger partial charge is 0.444 e. The molecule has 4 heterocycles. The summed E-state index contributed by atoms with van der Waals surface area (Å²) in [4.78, 5) is 25.8. The molecule has 5 rings (SSSR count). The highest BCUT2D eigenvalue weighted by atomic mass is 16.6. The highest BCUT2D eigenvalue weighted by molar-refractivity contribution is 6.10. The highest BCUT2D eigenvalue weighted by Crippen LogP contribution is 2.45. The van der Waals surface area contributed by atoms with Gasteiger partial charge in [0.2, 0.25) is 0 Å². The first-order valence-electron chi connectivity index (χ1n) is 12.7. The number of aromatic nitrogens is 3. The number of hydrogen-bond donors (Lipinski definition) is 1.